The third kappa shape index (κ3) is 5.34. The van der Waals surface area contributed by atoms with Crippen LogP contribution in [0.4, 0.5) is 0 Å². The summed E-state index contributed by atoms with van der Waals surface area (Å²) in [5.74, 6) is -0.459. The van der Waals surface area contributed by atoms with E-state index in [-0.39, 0.29) is 18.6 Å². The lowest BCUT2D eigenvalue weighted by Gasteiger charge is -2.18. The van der Waals surface area contributed by atoms with Gasteiger partial charge >= 0.3 is 5.97 Å². The zero-order valence-electron chi connectivity index (χ0n) is 15.5. The molecule has 2 rings (SSSR count). The summed E-state index contributed by atoms with van der Waals surface area (Å²) in [6.45, 7) is 5.96. The molecular formula is C21H25NO4. The second-order valence-corrected chi connectivity index (χ2v) is 5.94. The number of benzene rings is 2. The Morgan fingerprint density at radius 3 is 2.38 bits per heavy atom. The van der Waals surface area contributed by atoms with Crippen molar-refractivity contribution in [3.8, 4) is 5.75 Å². The van der Waals surface area contributed by atoms with Crippen molar-refractivity contribution >= 4 is 11.9 Å². The SMILES string of the molecule is CCOc1ccccc1C(=O)OCC(=O)N[C@@H](CC)c1ccc(C)cc1. The minimum atomic E-state index is -0.576. The number of nitrogens with one attached hydrogen (secondary N) is 1. The Hall–Kier alpha value is -2.82. The molecule has 0 aliphatic carbocycles. The minimum Gasteiger partial charge on any atom is -0.493 e. The normalized spacial score (nSPS) is 11.5. The molecule has 1 N–H and O–H groups in total. The standard InChI is InChI=1S/C21H25NO4/c1-4-18(16-12-10-15(3)11-13-16)22-20(23)14-26-21(24)17-8-6-7-9-19(17)25-5-2/h6-13,18H,4-5,14H2,1-3H3,(H,22,23)/t18-/m0/s1. The van der Waals surface area contributed by atoms with Gasteiger partial charge in [-0.15, -0.1) is 0 Å². The molecule has 0 aromatic heterocycles. The van der Waals surface area contributed by atoms with Crippen LogP contribution in [0.25, 0.3) is 0 Å². The maximum Gasteiger partial charge on any atom is 0.342 e. The van der Waals surface area contributed by atoms with E-state index in [4.69, 9.17) is 9.47 Å². The van der Waals surface area contributed by atoms with Gasteiger partial charge in [-0.05, 0) is 38.0 Å². The van der Waals surface area contributed by atoms with Crippen molar-refractivity contribution in [2.24, 2.45) is 0 Å². The molecule has 5 nitrogen and oxygen atoms in total. The lowest BCUT2D eigenvalue weighted by Crippen LogP contribution is -2.32. The van der Waals surface area contributed by atoms with Crippen molar-refractivity contribution in [2.75, 3.05) is 13.2 Å². The van der Waals surface area contributed by atoms with Crippen LogP contribution >= 0.6 is 0 Å². The van der Waals surface area contributed by atoms with Crippen molar-refractivity contribution in [1.82, 2.24) is 5.32 Å². The molecule has 2 aromatic rings. The fourth-order valence-electron chi connectivity index (χ4n) is 2.58. The second kappa shape index (κ2) is 9.61. The summed E-state index contributed by atoms with van der Waals surface area (Å²) >= 11 is 0. The minimum absolute atomic E-state index is 0.113. The Balaban J connectivity index is 1.93. The molecule has 0 heterocycles. The molecule has 1 atom stereocenters. The first-order valence-electron chi connectivity index (χ1n) is 8.80. The smallest absolute Gasteiger partial charge is 0.342 e. The highest BCUT2D eigenvalue weighted by Crippen LogP contribution is 2.19. The molecule has 2 aromatic carbocycles. The van der Waals surface area contributed by atoms with Crippen molar-refractivity contribution in [3.63, 3.8) is 0 Å². The van der Waals surface area contributed by atoms with Gasteiger partial charge in [0.15, 0.2) is 6.61 Å². The Bertz CT molecular complexity index is 740. The molecular weight excluding hydrogens is 330 g/mol. The topological polar surface area (TPSA) is 64.6 Å². The summed E-state index contributed by atoms with van der Waals surface area (Å²) in [7, 11) is 0. The molecule has 0 aliphatic heterocycles. The van der Waals surface area contributed by atoms with Gasteiger partial charge in [-0.3, -0.25) is 4.79 Å². The van der Waals surface area contributed by atoms with Gasteiger partial charge < -0.3 is 14.8 Å². The van der Waals surface area contributed by atoms with Crippen LogP contribution < -0.4 is 10.1 Å². The Kier molecular flexibility index (Phi) is 7.21. The van der Waals surface area contributed by atoms with Crippen LogP contribution in [0.1, 0.15) is 47.8 Å². The van der Waals surface area contributed by atoms with Crippen molar-refractivity contribution in [1.29, 1.82) is 0 Å². The zero-order chi connectivity index (χ0) is 18.9. The van der Waals surface area contributed by atoms with E-state index < -0.39 is 5.97 Å². The highest BCUT2D eigenvalue weighted by Gasteiger charge is 2.17. The number of aryl methyl sites for hydroxylation is 1. The average molecular weight is 355 g/mol. The predicted molar refractivity (Wildman–Crippen MR) is 100 cm³/mol. The van der Waals surface area contributed by atoms with E-state index in [1.807, 2.05) is 45.0 Å². The van der Waals surface area contributed by atoms with Gasteiger partial charge in [-0.2, -0.15) is 0 Å². The van der Waals surface area contributed by atoms with E-state index in [9.17, 15) is 9.59 Å². The first kappa shape index (κ1) is 19.5. The van der Waals surface area contributed by atoms with E-state index in [0.29, 0.717) is 17.9 Å². The van der Waals surface area contributed by atoms with Crippen LogP contribution in [-0.2, 0) is 9.53 Å². The molecule has 0 radical (unpaired) electrons. The number of para-hydroxylation sites is 1. The molecule has 0 aliphatic rings. The van der Waals surface area contributed by atoms with Gasteiger partial charge in [0.1, 0.15) is 11.3 Å². The van der Waals surface area contributed by atoms with Gasteiger partial charge in [-0.1, -0.05) is 48.9 Å². The van der Waals surface area contributed by atoms with Gasteiger partial charge in [-0.25, -0.2) is 4.79 Å². The van der Waals surface area contributed by atoms with E-state index in [1.165, 1.54) is 0 Å². The molecule has 0 saturated heterocycles. The molecule has 5 heteroatoms. The number of hydrogen-bond acceptors (Lipinski definition) is 4. The van der Waals surface area contributed by atoms with Crippen LogP contribution in [0.5, 0.6) is 5.75 Å². The van der Waals surface area contributed by atoms with E-state index in [0.717, 1.165) is 17.5 Å². The quantitative estimate of drug-likeness (QED) is 0.731. The maximum absolute atomic E-state index is 12.2. The van der Waals surface area contributed by atoms with Crippen molar-refractivity contribution in [3.05, 3.63) is 65.2 Å². The highest BCUT2D eigenvalue weighted by atomic mass is 16.5. The molecule has 26 heavy (non-hydrogen) atoms. The van der Waals surface area contributed by atoms with Crippen LogP contribution in [0, 0.1) is 6.92 Å². The summed E-state index contributed by atoms with van der Waals surface area (Å²) in [6, 6.07) is 14.7. The number of hydrogen-bond donors (Lipinski definition) is 1. The summed E-state index contributed by atoms with van der Waals surface area (Å²) < 4.78 is 10.6. The maximum atomic E-state index is 12.2. The molecule has 0 bridgehead atoms. The number of esters is 1. The Morgan fingerprint density at radius 1 is 1.04 bits per heavy atom. The highest BCUT2D eigenvalue weighted by molar-refractivity contribution is 5.94. The second-order valence-electron chi connectivity index (χ2n) is 5.94. The fraction of sp³-hybridized carbons (Fsp3) is 0.333. The van der Waals surface area contributed by atoms with Gasteiger partial charge in [0.05, 0.1) is 12.6 Å². The molecule has 0 unspecified atom stereocenters. The third-order valence-electron chi connectivity index (χ3n) is 3.96. The van der Waals surface area contributed by atoms with Gasteiger partial charge in [0, 0.05) is 0 Å². The Morgan fingerprint density at radius 2 is 1.73 bits per heavy atom. The van der Waals surface area contributed by atoms with Crippen LogP contribution in [0.3, 0.4) is 0 Å². The van der Waals surface area contributed by atoms with Gasteiger partial charge in [0.25, 0.3) is 5.91 Å². The molecule has 0 saturated carbocycles. The summed E-state index contributed by atoms with van der Waals surface area (Å²) in [6.07, 6.45) is 0.746. The van der Waals surface area contributed by atoms with Crippen LogP contribution in [0.2, 0.25) is 0 Å². The first-order chi connectivity index (χ1) is 12.5. The fourth-order valence-corrected chi connectivity index (χ4v) is 2.58. The monoisotopic (exact) mass is 355 g/mol. The molecule has 138 valence electrons. The molecule has 0 spiro atoms. The summed E-state index contributed by atoms with van der Waals surface area (Å²) in [5, 5.41) is 2.90. The van der Waals surface area contributed by atoms with Crippen LogP contribution in [-0.4, -0.2) is 25.1 Å². The lowest BCUT2D eigenvalue weighted by molar-refractivity contribution is -0.125. The van der Waals surface area contributed by atoms with E-state index in [1.54, 1.807) is 24.3 Å². The molecule has 0 fully saturated rings. The number of ether oxygens (including phenoxy) is 2. The summed E-state index contributed by atoms with van der Waals surface area (Å²) in [5.41, 5.74) is 2.50. The number of rotatable bonds is 8. The first-order valence-corrected chi connectivity index (χ1v) is 8.80. The number of carbonyl (C=O) groups excluding carboxylic acids is 2. The lowest BCUT2D eigenvalue weighted by atomic mass is 10.0. The average Bonchev–Trinajstić information content (AvgIpc) is 2.65. The molecule has 1 amide bonds. The summed E-state index contributed by atoms with van der Waals surface area (Å²) in [4.78, 5) is 24.4. The number of carbonyl (C=O) groups is 2. The number of amides is 1. The largest absolute Gasteiger partial charge is 0.493 e. The predicted octanol–water partition coefficient (Wildman–Crippen LogP) is 3.82. The van der Waals surface area contributed by atoms with E-state index >= 15 is 0 Å². The van der Waals surface area contributed by atoms with Crippen molar-refractivity contribution in [2.45, 2.75) is 33.2 Å². The Labute approximate surface area is 154 Å². The third-order valence-corrected chi connectivity index (χ3v) is 3.96. The van der Waals surface area contributed by atoms with E-state index in [2.05, 4.69) is 5.32 Å². The zero-order valence-corrected chi connectivity index (χ0v) is 15.5. The van der Waals surface area contributed by atoms with Crippen LogP contribution in [0.15, 0.2) is 48.5 Å². The van der Waals surface area contributed by atoms with Gasteiger partial charge in [0.2, 0.25) is 0 Å². The van der Waals surface area contributed by atoms with Crippen molar-refractivity contribution < 1.29 is 19.1 Å².